The number of hydrogen-bond donors (Lipinski definition) is 2. The quantitative estimate of drug-likeness (QED) is 0.461. The van der Waals surface area contributed by atoms with Crippen LogP contribution in [0.2, 0.25) is 0 Å². The minimum atomic E-state index is 0.645. The average molecular weight is 280 g/mol. The number of likely N-dealkylation sites (tertiary alicyclic amines) is 1. The first-order valence-electron chi connectivity index (χ1n) is 8.58. The zero-order chi connectivity index (χ0) is 14.0. The van der Waals surface area contributed by atoms with Gasteiger partial charge in [0.15, 0.2) is 5.96 Å². The molecule has 1 heterocycles. The number of nitrogens with zero attached hydrogens (tertiary/aromatic N) is 2. The van der Waals surface area contributed by atoms with Crippen LogP contribution in [0.5, 0.6) is 0 Å². The van der Waals surface area contributed by atoms with E-state index in [1.54, 1.807) is 0 Å². The Kier molecular flexibility index (Phi) is 7.20. The van der Waals surface area contributed by atoms with Gasteiger partial charge in [-0.25, -0.2) is 0 Å². The van der Waals surface area contributed by atoms with Crippen molar-refractivity contribution in [1.82, 2.24) is 15.5 Å². The van der Waals surface area contributed by atoms with E-state index in [2.05, 4.69) is 20.5 Å². The third-order valence-electron chi connectivity index (χ3n) is 4.56. The normalized spacial score (nSPS) is 22.8. The Bertz CT molecular complexity index is 276. The molecule has 0 bridgehead atoms. The Morgan fingerprint density at radius 3 is 2.40 bits per heavy atom. The highest BCUT2D eigenvalue weighted by Gasteiger charge is 2.15. The summed E-state index contributed by atoms with van der Waals surface area (Å²) in [6, 6.07) is 0.645. The van der Waals surface area contributed by atoms with Crippen molar-refractivity contribution in [3.05, 3.63) is 0 Å². The second-order valence-corrected chi connectivity index (χ2v) is 6.23. The minimum absolute atomic E-state index is 0.645. The van der Waals surface area contributed by atoms with E-state index < -0.39 is 0 Å². The standard InChI is InChI=1S/C16H32N4/c1-17-16(19-15-9-4-5-10-15)18-11-8-14-20-12-6-2-3-7-13-20/h15H,2-14H2,1H3,(H2,17,18,19). The van der Waals surface area contributed by atoms with Gasteiger partial charge < -0.3 is 15.5 Å². The van der Waals surface area contributed by atoms with Crippen LogP contribution in [0.1, 0.15) is 57.8 Å². The maximum atomic E-state index is 4.33. The molecule has 0 unspecified atom stereocenters. The lowest BCUT2D eigenvalue weighted by molar-refractivity contribution is 0.282. The monoisotopic (exact) mass is 280 g/mol. The fraction of sp³-hybridized carbons (Fsp3) is 0.938. The topological polar surface area (TPSA) is 39.7 Å². The van der Waals surface area contributed by atoms with Gasteiger partial charge in [0.25, 0.3) is 0 Å². The Labute approximate surface area is 124 Å². The number of hydrogen-bond acceptors (Lipinski definition) is 2. The van der Waals surface area contributed by atoms with E-state index in [1.807, 2.05) is 7.05 Å². The molecule has 4 nitrogen and oxygen atoms in total. The molecule has 0 spiro atoms. The van der Waals surface area contributed by atoms with E-state index in [-0.39, 0.29) is 0 Å². The van der Waals surface area contributed by atoms with Gasteiger partial charge >= 0.3 is 0 Å². The molecule has 0 aromatic carbocycles. The first-order chi connectivity index (χ1) is 9.88. The maximum absolute atomic E-state index is 4.33. The summed E-state index contributed by atoms with van der Waals surface area (Å²) in [6.07, 6.45) is 12.2. The molecular formula is C16H32N4. The molecule has 0 radical (unpaired) electrons. The Morgan fingerprint density at radius 1 is 1.05 bits per heavy atom. The molecule has 0 aromatic heterocycles. The lowest BCUT2D eigenvalue weighted by Gasteiger charge is -2.20. The molecule has 0 aromatic rings. The molecule has 0 atom stereocenters. The third kappa shape index (κ3) is 5.70. The molecule has 1 saturated carbocycles. The van der Waals surface area contributed by atoms with Crippen LogP contribution in [0.4, 0.5) is 0 Å². The Hall–Kier alpha value is -0.770. The summed E-state index contributed by atoms with van der Waals surface area (Å²) in [7, 11) is 1.87. The van der Waals surface area contributed by atoms with Crippen molar-refractivity contribution in [3.63, 3.8) is 0 Å². The number of nitrogens with one attached hydrogen (secondary N) is 2. The Morgan fingerprint density at radius 2 is 1.75 bits per heavy atom. The molecule has 0 amide bonds. The summed E-state index contributed by atoms with van der Waals surface area (Å²) in [5.41, 5.74) is 0. The highest BCUT2D eigenvalue weighted by molar-refractivity contribution is 5.79. The summed E-state index contributed by atoms with van der Waals surface area (Å²) in [5.74, 6) is 0.993. The maximum Gasteiger partial charge on any atom is 0.191 e. The number of guanidine groups is 1. The van der Waals surface area contributed by atoms with Gasteiger partial charge in [0.05, 0.1) is 0 Å². The van der Waals surface area contributed by atoms with E-state index >= 15 is 0 Å². The minimum Gasteiger partial charge on any atom is -0.356 e. The first kappa shape index (κ1) is 15.6. The third-order valence-corrected chi connectivity index (χ3v) is 4.56. The predicted octanol–water partition coefficient (Wildman–Crippen LogP) is 2.36. The van der Waals surface area contributed by atoms with Gasteiger partial charge in [0, 0.05) is 19.6 Å². The van der Waals surface area contributed by atoms with E-state index in [9.17, 15) is 0 Å². The van der Waals surface area contributed by atoms with Gasteiger partial charge in [-0.3, -0.25) is 4.99 Å². The lowest BCUT2D eigenvalue weighted by Crippen LogP contribution is -2.43. The molecule has 1 aliphatic heterocycles. The van der Waals surface area contributed by atoms with Gasteiger partial charge in [0.2, 0.25) is 0 Å². The van der Waals surface area contributed by atoms with Crippen LogP contribution >= 0.6 is 0 Å². The second-order valence-electron chi connectivity index (χ2n) is 6.23. The van der Waals surface area contributed by atoms with Crippen LogP contribution in [-0.2, 0) is 0 Å². The van der Waals surface area contributed by atoms with Gasteiger partial charge in [-0.05, 0) is 51.7 Å². The highest BCUT2D eigenvalue weighted by atomic mass is 15.2. The molecule has 2 fully saturated rings. The molecule has 20 heavy (non-hydrogen) atoms. The molecule has 2 rings (SSSR count). The summed E-state index contributed by atoms with van der Waals surface area (Å²) in [6.45, 7) is 4.86. The van der Waals surface area contributed by atoms with Gasteiger partial charge in [-0.2, -0.15) is 0 Å². The van der Waals surface area contributed by atoms with Crippen molar-refractivity contribution in [2.45, 2.75) is 63.8 Å². The van der Waals surface area contributed by atoms with Crippen molar-refractivity contribution < 1.29 is 0 Å². The molecule has 2 aliphatic rings. The van der Waals surface area contributed by atoms with Crippen LogP contribution in [0.3, 0.4) is 0 Å². The molecular weight excluding hydrogens is 248 g/mol. The average Bonchev–Trinajstić information content (AvgIpc) is 2.84. The highest BCUT2D eigenvalue weighted by Crippen LogP contribution is 2.17. The summed E-state index contributed by atoms with van der Waals surface area (Å²) in [5, 5.41) is 7.00. The van der Waals surface area contributed by atoms with Crippen LogP contribution in [0.25, 0.3) is 0 Å². The molecule has 116 valence electrons. The van der Waals surface area contributed by atoms with Crippen molar-refractivity contribution in [2.24, 2.45) is 4.99 Å². The van der Waals surface area contributed by atoms with Crippen molar-refractivity contribution in [3.8, 4) is 0 Å². The van der Waals surface area contributed by atoms with Gasteiger partial charge in [-0.15, -0.1) is 0 Å². The second kappa shape index (κ2) is 9.22. The van der Waals surface area contributed by atoms with E-state index in [0.717, 1.165) is 12.5 Å². The van der Waals surface area contributed by atoms with E-state index in [4.69, 9.17) is 0 Å². The van der Waals surface area contributed by atoms with E-state index in [0.29, 0.717) is 6.04 Å². The summed E-state index contributed by atoms with van der Waals surface area (Å²) in [4.78, 5) is 6.96. The predicted molar refractivity (Wildman–Crippen MR) is 86.3 cm³/mol. The fourth-order valence-corrected chi connectivity index (χ4v) is 3.33. The summed E-state index contributed by atoms with van der Waals surface area (Å²) >= 11 is 0. The zero-order valence-electron chi connectivity index (χ0n) is 13.2. The van der Waals surface area contributed by atoms with Gasteiger partial charge in [-0.1, -0.05) is 25.7 Å². The van der Waals surface area contributed by atoms with Crippen LogP contribution < -0.4 is 10.6 Å². The van der Waals surface area contributed by atoms with E-state index in [1.165, 1.54) is 77.4 Å². The molecule has 1 aliphatic carbocycles. The van der Waals surface area contributed by atoms with Crippen molar-refractivity contribution in [2.75, 3.05) is 33.2 Å². The molecule has 1 saturated heterocycles. The van der Waals surface area contributed by atoms with Crippen LogP contribution in [0.15, 0.2) is 4.99 Å². The smallest absolute Gasteiger partial charge is 0.191 e. The van der Waals surface area contributed by atoms with Crippen molar-refractivity contribution in [1.29, 1.82) is 0 Å². The van der Waals surface area contributed by atoms with Crippen molar-refractivity contribution >= 4 is 5.96 Å². The largest absolute Gasteiger partial charge is 0.356 e. The first-order valence-corrected chi connectivity index (χ1v) is 8.58. The summed E-state index contributed by atoms with van der Waals surface area (Å²) < 4.78 is 0. The van der Waals surface area contributed by atoms with Crippen LogP contribution in [0, 0.1) is 0 Å². The molecule has 2 N–H and O–H groups in total. The molecule has 4 heteroatoms. The SMILES string of the molecule is CN=C(NCCCN1CCCCCC1)NC1CCCC1. The Balaban J connectivity index is 1.56. The fourth-order valence-electron chi connectivity index (χ4n) is 3.33. The lowest BCUT2D eigenvalue weighted by atomic mass is 10.2. The van der Waals surface area contributed by atoms with Gasteiger partial charge in [0.1, 0.15) is 0 Å². The number of rotatable bonds is 5. The van der Waals surface area contributed by atoms with Crippen LogP contribution in [-0.4, -0.2) is 50.1 Å². The zero-order valence-corrected chi connectivity index (χ0v) is 13.2. The number of aliphatic imine (C=N–C) groups is 1.